The van der Waals surface area contributed by atoms with Crippen molar-refractivity contribution in [2.75, 3.05) is 20.6 Å². The van der Waals surface area contributed by atoms with Crippen LogP contribution < -0.4 is 5.32 Å². The molecule has 0 fully saturated rings. The molecule has 3 nitrogen and oxygen atoms in total. The monoisotopic (exact) mass is 370 g/mol. The van der Waals surface area contributed by atoms with E-state index in [9.17, 15) is 9.18 Å². The number of benzene rings is 1. The highest BCUT2D eigenvalue weighted by molar-refractivity contribution is 9.10. The van der Waals surface area contributed by atoms with Crippen molar-refractivity contribution < 1.29 is 9.18 Å². The Morgan fingerprint density at radius 3 is 2.76 bits per heavy atom. The van der Waals surface area contributed by atoms with Crippen molar-refractivity contribution in [1.82, 2.24) is 10.2 Å². The molecule has 1 unspecified atom stereocenters. The van der Waals surface area contributed by atoms with Gasteiger partial charge in [-0.15, -0.1) is 0 Å². The van der Waals surface area contributed by atoms with E-state index in [-0.39, 0.29) is 17.8 Å². The number of carbonyl (C=O) groups excluding carboxylic acids is 1. The second kappa shape index (κ2) is 7.15. The maximum atomic E-state index is 13.0. The van der Waals surface area contributed by atoms with Crippen molar-refractivity contribution in [2.45, 2.75) is 6.04 Å². The fraction of sp³-hybridized carbons (Fsp3) is 0.267. The van der Waals surface area contributed by atoms with Crippen LogP contribution in [0.25, 0.3) is 0 Å². The average molecular weight is 371 g/mol. The molecule has 1 aromatic carbocycles. The highest BCUT2D eigenvalue weighted by Crippen LogP contribution is 2.21. The first kappa shape index (κ1) is 16.1. The summed E-state index contributed by atoms with van der Waals surface area (Å²) in [6.45, 7) is 0.492. The van der Waals surface area contributed by atoms with Gasteiger partial charge in [0, 0.05) is 11.0 Å². The first-order valence-electron chi connectivity index (χ1n) is 6.41. The Balaban J connectivity index is 2.05. The van der Waals surface area contributed by atoms with Crippen molar-refractivity contribution in [3.8, 4) is 0 Å². The van der Waals surface area contributed by atoms with Gasteiger partial charge < -0.3 is 10.2 Å². The summed E-state index contributed by atoms with van der Waals surface area (Å²) in [7, 11) is 3.95. The molecule has 112 valence electrons. The van der Waals surface area contributed by atoms with Crippen LogP contribution in [0.15, 0.2) is 39.5 Å². The Labute approximate surface area is 135 Å². The summed E-state index contributed by atoms with van der Waals surface area (Å²) in [4.78, 5) is 14.3. The number of thiophene rings is 1. The predicted octanol–water partition coefficient (Wildman–Crippen LogP) is 3.68. The molecule has 21 heavy (non-hydrogen) atoms. The minimum absolute atomic E-state index is 0.111. The minimum Gasteiger partial charge on any atom is -0.350 e. The molecule has 0 saturated heterocycles. The lowest BCUT2D eigenvalue weighted by molar-refractivity contribution is 0.0941. The van der Waals surface area contributed by atoms with Crippen molar-refractivity contribution in [1.29, 1.82) is 0 Å². The topological polar surface area (TPSA) is 32.3 Å². The van der Waals surface area contributed by atoms with Gasteiger partial charge in [0.2, 0.25) is 0 Å². The number of amides is 1. The number of carbonyl (C=O) groups is 1. The van der Waals surface area contributed by atoms with Crippen LogP contribution in [0.2, 0.25) is 0 Å². The number of nitrogens with zero attached hydrogens (tertiary/aromatic N) is 1. The molecule has 1 heterocycles. The molecule has 1 atom stereocenters. The summed E-state index contributed by atoms with van der Waals surface area (Å²) in [6.07, 6.45) is 0. The lowest BCUT2D eigenvalue weighted by atomic mass is 10.1. The summed E-state index contributed by atoms with van der Waals surface area (Å²) >= 11 is 4.84. The van der Waals surface area contributed by atoms with Crippen LogP contribution in [0, 0.1) is 5.82 Å². The zero-order valence-electron chi connectivity index (χ0n) is 11.8. The van der Waals surface area contributed by atoms with Gasteiger partial charge in [-0.2, -0.15) is 11.3 Å². The van der Waals surface area contributed by atoms with Crippen LogP contribution in [0.4, 0.5) is 4.39 Å². The predicted molar refractivity (Wildman–Crippen MR) is 87.2 cm³/mol. The first-order valence-corrected chi connectivity index (χ1v) is 8.14. The number of hydrogen-bond donors (Lipinski definition) is 1. The second-order valence-corrected chi connectivity index (χ2v) is 6.50. The van der Waals surface area contributed by atoms with E-state index in [1.807, 2.05) is 19.5 Å². The third kappa shape index (κ3) is 4.12. The van der Waals surface area contributed by atoms with E-state index in [0.717, 1.165) is 0 Å². The van der Waals surface area contributed by atoms with E-state index < -0.39 is 0 Å². The molecule has 0 aliphatic rings. The number of hydrogen-bond acceptors (Lipinski definition) is 3. The lowest BCUT2D eigenvalue weighted by Gasteiger charge is -2.24. The molecule has 0 spiro atoms. The van der Waals surface area contributed by atoms with Crippen molar-refractivity contribution >= 4 is 33.2 Å². The molecular weight excluding hydrogens is 355 g/mol. The van der Waals surface area contributed by atoms with Gasteiger partial charge in [0.25, 0.3) is 5.91 Å². The van der Waals surface area contributed by atoms with Gasteiger partial charge in [0.15, 0.2) is 0 Å². The summed E-state index contributed by atoms with van der Waals surface area (Å²) in [6, 6.07) is 6.21. The molecule has 1 amide bonds. The molecule has 0 saturated carbocycles. The Kier molecular flexibility index (Phi) is 5.50. The Hall–Kier alpha value is -1.24. The molecule has 2 rings (SSSR count). The third-order valence-corrected chi connectivity index (χ3v) is 4.54. The van der Waals surface area contributed by atoms with E-state index in [0.29, 0.717) is 16.6 Å². The van der Waals surface area contributed by atoms with Crippen LogP contribution >= 0.6 is 27.3 Å². The fourth-order valence-electron chi connectivity index (χ4n) is 2.02. The third-order valence-electron chi connectivity index (χ3n) is 3.18. The highest BCUT2D eigenvalue weighted by Gasteiger charge is 2.17. The van der Waals surface area contributed by atoms with Crippen molar-refractivity contribution in [3.63, 3.8) is 0 Å². The second-order valence-electron chi connectivity index (χ2n) is 4.87. The molecular formula is C15H16BrFN2OS. The highest BCUT2D eigenvalue weighted by atomic mass is 79.9. The largest absolute Gasteiger partial charge is 0.350 e. The lowest BCUT2D eigenvalue weighted by Crippen LogP contribution is -2.34. The number of likely N-dealkylation sites (N-methyl/N-ethyl adjacent to an activating group) is 1. The van der Waals surface area contributed by atoms with Crippen LogP contribution in [0.3, 0.4) is 0 Å². The molecule has 6 heteroatoms. The summed E-state index contributed by atoms with van der Waals surface area (Å²) < 4.78 is 13.5. The summed E-state index contributed by atoms with van der Waals surface area (Å²) in [5.74, 6) is -0.591. The fourth-order valence-corrected chi connectivity index (χ4v) is 3.26. The molecule has 2 aromatic rings. The number of rotatable bonds is 5. The molecule has 1 aromatic heterocycles. The van der Waals surface area contributed by atoms with Crippen LogP contribution in [-0.2, 0) is 0 Å². The molecule has 0 radical (unpaired) electrons. The Morgan fingerprint density at radius 2 is 2.19 bits per heavy atom. The first-order chi connectivity index (χ1) is 9.99. The van der Waals surface area contributed by atoms with E-state index in [1.165, 1.54) is 23.8 Å². The molecule has 1 N–H and O–H groups in total. The molecule has 0 aliphatic carbocycles. The average Bonchev–Trinajstić information content (AvgIpc) is 2.92. The van der Waals surface area contributed by atoms with Gasteiger partial charge in [-0.05, 0) is 70.6 Å². The van der Waals surface area contributed by atoms with E-state index in [1.54, 1.807) is 11.3 Å². The van der Waals surface area contributed by atoms with E-state index >= 15 is 0 Å². The summed E-state index contributed by atoms with van der Waals surface area (Å²) in [5, 5.41) is 6.99. The van der Waals surface area contributed by atoms with E-state index in [2.05, 4.69) is 37.6 Å². The van der Waals surface area contributed by atoms with Gasteiger partial charge in [-0.25, -0.2) is 4.39 Å². The minimum atomic E-state index is -0.372. The van der Waals surface area contributed by atoms with Gasteiger partial charge >= 0.3 is 0 Å². The summed E-state index contributed by atoms with van der Waals surface area (Å²) in [5.41, 5.74) is 1.60. The SMILES string of the molecule is CN(C)C(CNC(=O)c1ccc(F)cc1Br)c1ccsc1. The zero-order chi connectivity index (χ0) is 15.4. The maximum absolute atomic E-state index is 13.0. The molecule has 0 aliphatic heterocycles. The van der Waals surface area contributed by atoms with Crippen molar-refractivity contribution in [2.24, 2.45) is 0 Å². The van der Waals surface area contributed by atoms with Crippen LogP contribution in [-0.4, -0.2) is 31.4 Å². The normalized spacial score (nSPS) is 12.4. The number of nitrogens with one attached hydrogen (secondary N) is 1. The Bertz CT molecular complexity index is 616. The standard InChI is InChI=1S/C15H16BrFN2OS/c1-19(2)14(10-5-6-21-9-10)8-18-15(20)12-4-3-11(17)7-13(12)16/h3-7,9,14H,8H2,1-2H3,(H,18,20). The smallest absolute Gasteiger partial charge is 0.252 e. The van der Waals surface area contributed by atoms with Gasteiger partial charge in [-0.1, -0.05) is 0 Å². The number of halogens is 2. The quantitative estimate of drug-likeness (QED) is 0.870. The Morgan fingerprint density at radius 1 is 1.43 bits per heavy atom. The maximum Gasteiger partial charge on any atom is 0.252 e. The van der Waals surface area contributed by atoms with Crippen LogP contribution in [0.1, 0.15) is 22.0 Å². The molecule has 0 bridgehead atoms. The van der Waals surface area contributed by atoms with Gasteiger partial charge in [0.1, 0.15) is 5.82 Å². The van der Waals surface area contributed by atoms with Crippen molar-refractivity contribution in [3.05, 3.63) is 56.4 Å². The van der Waals surface area contributed by atoms with Gasteiger partial charge in [-0.3, -0.25) is 4.79 Å². The van der Waals surface area contributed by atoms with Crippen LogP contribution in [0.5, 0.6) is 0 Å². The van der Waals surface area contributed by atoms with E-state index in [4.69, 9.17) is 0 Å². The van der Waals surface area contributed by atoms with Gasteiger partial charge in [0.05, 0.1) is 11.6 Å². The zero-order valence-corrected chi connectivity index (χ0v) is 14.2.